The van der Waals surface area contributed by atoms with E-state index in [1.165, 1.54) is 0 Å². The smallest absolute Gasteiger partial charge is 0.239 e. The molecule has 0 saturated heterocycles. The van der Waals surface area contributed by atoms with Crippen LogP contribution in [0.3, 0.4) is 0 Å². The van der Waals surface area contributed by atoms with Crippen LogP contribution in [0.1, 0.15) is 5.56 Å². The molecule has 0 atom stereocenters. The van der Waals surface area contributed by atoms with Crippen LogP contribution < -0.4 is 15.4 Å². The summed E-state index contributed by atoms with van der Waals surface area (Å²) in [6.45, 7) is 0.712. The van der Waals surface area contributed by atoms with Gasteiger partial charge in [0.05, 0.1) is 13.7 Å². The van der Waals surface area contributed by atoms with Crippen LogP contribution in [-0.2, 0) is 11.3 Å². The lowest BCUT2D eigenvalue weighted by atomic mass is 10.3. The second-order valence-electron chi connectivity index (χ2n) is 4.22. The molecule has 2 rings (SSSR count). The zero-order valence-corrected chi connectivity index (χ0v) is 11.3. The third kappa shape index (κ3) is 4.28. The number of aromatic nitrogens is 1. The maximum Gasteiger partial charge on any atom is 0.239 e. The predicted octanol–water partition coefficient (Wildman–Crippen LogP) is 1.82. The standard InChI is InChI=1S/C15H17N3O2/c1-20-14-6-4-13(5-7-14)17-11-15(19)18-10-12-3-2-8-16-9-12/h2-9,17H,10-11H2,1H3,(H,18,19). The lowest BCUT2D eigenvalue weighted by Gasteiger charge is -2.08. The summed E-state index contributed by atoms with van der Waals surface area (Å²) < 4.78 is 5.07. The van der Waals surface area contributed by atoms with E-state index in [9.17, 15) is 4.79 Å². The Morgan fingerprint density at radius 2 is 2.05 bits per heavy atom. The van der Waals surface area contributed by atoms with Gasteiger partial charge in [-0.15, -0.1) is 0 Å². The first-order valence-electron chi connectivity index (χ1n) is 6.31. The number of amides is 1. The van der Waals surface area contributed by atoms with E-state index in [-0.39, 0.29) is 12.5 Å². The lowest BCUT2D eigenvalue weighted by Crippen LogP contribution is -2.29. The Bertz CT molecular complexity index is 541. The number of ether oxygens (including phenoxy) is 1. The number of carbonyl (C=O) groups excluding carboxylic acids is 1. The quantitative estimate of drug-likeness (QED) is 0.841. The van der Waals surface area contributed by atoms with E-state index in [2.05, 4.69) is 15.6 Å². The number of nitrogens with one attached hydrogen (secondary N) is 2. The van der Waals surface area contributed by atoms with Crippen LogP contribution in [0, 0.1) is 0 Å². The zero-order chi connectivity index (χ0) is 14.2. The number of hydrogen-bond acceptors (Lipinski definition) is 4. The van der Waals surface area contributed by atoms with Gasteiger partial charge in [-0.25, -0.2) is 0 Å². The molecule has 2 N–H and O–H groups in total. The Morgan fingerprint density at radius 3 is 2.70 bits per heavy atom. The monoisotopic (exact) mass is 271 g/mol. The Labute approximate surface area is 118 Å². The SMILES string of the molecule is COc1ccc(NCC(=O)NCc2cccnc2)cc1. The van der Waals surface area contributed by atoms with Crippen molar-refractivity contribution in [2.24, 2.45) is 0 Å². The van der Waals surface area contributed by atoms with Gasteiger partial charge >= 0.3 is 0 Å². The molecular weight excluding hydrogens is 254 g/mol. The van der Waals surface area contributed by atoms with Crippen molar-refractivity contribution in [1.29, 1.82) is 0 Å². The van der Waals surface area contributed by atoms with Gasteiger partial charge in [0.25, 0.3) is 0 Å². The topological polar surface area (TPSA) is 63.2 Å². The van der Waals surface area contributed by atoms with E-state index >= 15 is 0 Å². The van der Waals surface area contributed by atoms with E-state index in [4.69, 9.17) is 4.74 Å². The normalized spacial score (nSPS) is 9.85. The Hall–Kier alpha value is -2.56. The van der Waals surface area contributed by atoms with E-state index < -0.39 is 0 Å². The molecule has 1 aromatic heterocycles. The lowest BCUT2D eigenvalue weighted by molar-refractivity contribution is -0.119. The van der Waals surface area contributed by atoms with Gasteiger partial charge in [0.2, 0.25) is 5.91 Å². The summed E-state index contributed by atoms with van der Waals surface area (Å²) in [6, 6.07) is 11.2. The molecule has 1 heterocycles. The predicted molar refractivity (Wildman–Crippen MR) is 77.6 cm³/mol. The van der Waals surface area contributed by atoms with Crippen molar-refractivity contribution in [2.75, 3.05) is 19.0 Å². The Balaban J connectivity index is 1.74. The van der Waals surface area contributed by atoms with Crippen LogP contribution in [0.2, 0.25) is 0 Å². The molecule has 2 aromatic rings. The highest BCUT2D eigenvalue weighted by atomic mass is 16.5. The molecular formula is C15H17N3O2. The molecule has 0 spiro atoms. The molecule has 0 bridgehead atoms. The Kier molecular flexibility index (Phi) is 4.94. The third-order valence-corrected chi connectivity index (χ3v) is 2.76. The first-order valence-corrected chi connectivity index (χ1v) is 6.31. The van der Waals surface area contributed by atoms with Crippen molar-refractivity contribution >= 4 is 11.6 Å². The number of methoxy groups -OCH3 is 1. The van der Waals surface area contributed by atoms with Crippen LogP contribution in [0.15, 0.2) is 48.8 Å². The molecule has 0 aliphatic rings. The van der Waals surface area contributed by atoms with Gasteiger partial charge in [-0.2, -0.15) is 0 Å². The summed E-state index contributed by atoms with van der Waals surface area (Å²) in [6.07, 6.45) is 3.44. The number of pyridine rings is 1. The number of nitrogens with zero attached hydrogens (tertiary/aromatic N) is 1. The van der Waals surface area contributed by atoms with Crippen molar-refractivity contribution in [3.63, 3.8) is 0 Å². The molecule has 5 nitrogen and oxygen atoms in total. The van der Waals surface area contributed by atoms with E-state index in [1.54, 1.807) is 19.5 Å². The number of carbonyl (C=O) groups is 1. The van der Waals surface area contributed by atoms with Gasteiger partial charge < -0.3 is 15.4 Å². The third-order valence-electron chi connectivity index (χ3n) is 2.76. The summed E-state index contributed by atoms with van der Waals surface area (Å²) in [5.74, 6) is 0.723. The fourth-order valence-corrected chi connectivity index (χ4v) is 1.66. The molecule has 0 fully saturated rings. The van der Waals surface area contributed by atoms with Crippen LogP contribution >= 0.6 is 0 Å². The van der Waals surface area contributed by atoms with Crippen LogP contribution in [-0.4, -0.2) is 24.5 Å². The average Bonchev–Trinajstić information content (AvgIpc) is 2.52. The molecule has 0 radical (unpaired) electrons. The van der Waals surface area contributed by atoms with E-state index in [0.717, 1.165) is 17.0 Å². The maximum atomic E-state index is 11.7. The minimum atomic E-state index is -0.0651. The summed E-state index contributed by atoms with van der Waals surface area (Å²) in [7, 11) is 1.62. The van der Waals surface area contributed by atoms with Crippen molar-refractivity contribution < 1.29 is 9.53 Å². The minimum absolute atomic E-state index is 0.0651. The molecule has 1 aromatic carbocycles. The number of hydrogen-bond donors (Lipinski definition) is 2. The molecule has 0 saturated carbocycles. The molecule has 0 aliphatic heterocycles. The summed E-state index contributed by atoms with van der Waals surface area (Å²) in [5.41, 5.74) is 1.85. The zero-order valence-electron chi connectivity index (χ0n) is 11.3. The molecule has 1 amide bonds. The van der Waals surface area contributed by atoms with E-state index in [1.807, 2.05) is 36.4 Å². The van der Waals surface area contributed by atoms with Crippen molar-refractivity contribution in [1.82, 2.24) is 10.3 Å². The van der Waals surface area contributed by atoms with Gasteiger partial charge in [0, 0.05) is 24.6 Å². The molecule has 0 unspecified atom stereocenters. The van der Waals surface area contributed by atoms with Gasteiger partial charge in [0.1, 0.15) is 5.75 Å². The van der Waals surface area contributed by atoms with Crippen LogP contribution in [0.25, 0.3) is 0 Å². The number of rotatable bonds is 6. The molecule has 20 heavy (non-hydrogen) atoms. The summed E-state index contributed by atoms with van der Waals surface area (Å²) in [5, 5.41) is 5.87. The molecule has 5 heteroatoms. The number of anilines is 1. The molecule has 104 valence electrons. The average molecular weight is 271 g/mol. The van der Waals surface area contributed by atoms with Gasteiger partial charge in [-0.3, -0.25) is 9.78 Å². The highest BCUT2D eigenvalue weighted by molar-refractivity contribution is 5.80. The van der Waals surface area contributed by atoms with Gasteiger partial charge in [-0.05, 0) is 35.9 Å². The summed E-state index contributed by atoms with van der Waals surface area (Å²) >= 11 is 0. The van der Waals surface area contributed by atoms with Crippen LogP contribution in [0.4, 0.5) is 5.69 Å². The van der Waals surface area contributed by atoms with Crippen molar-refractivity contribution in [3.05, 3.63) is 54.4 Å². The Morgan fingerprint density at radius 1 is 1.25 bits per heavy atom. The fraction of sp³-hybridized carbons (Fsp3) is 0.200. The first-order chi connectivity index (χ1) is 9.78. The minimum Gasteiger partial charge on any atom is -0.497 e. The second kappa shape index (κ2) is 7.13. The maximum absolute atomic E-state index is 11.7. The van der Waals surface area contributed by atoms with E-state index in [0.29, 0.717) is 6.54 Å². The van der Waals surface area contributed by atoms with Crippen molar-refractivity contribution in [3.8, 4) is 5.75 Å². The highest BCUT2D eigenvalue weighted by Crippen LogP contribution is 2.14. The molecule has 0 aliphatic carbocycles. The van der Waals surface area contributed by atoms with Crippen molar-refractivity contribution in [2.45, 2.75) is 6.54 Å². The van der Waals surface area contributed by atoms with Gasteiger partial charge in [-0.1, -0.05) is 6.07 Å². The highest BCUT2D eigenvalue weighted by Gasteiger charge is 2.01. The first kappa shape index (κ1) is 13.9. The largest absolute Gasteiger partial charge is 0.497 e. The van der Waals surface area contributed by atoms with Crippen LogP contribution in [0.5, 0.6) is 5.75 Å². The van der Waals surface area contributed by atoms with Gasteiger partial charge in [0.15, 0.2) is 0 Å². The number of benzene rings is 1. The second-order valence-corrected chi connectivity index (χ2v) is 4.22. The fourth-order valence-electron chi connectivity index (χ4n) is 1.66. The summed E-state index contributed by atoms with van der Waals surface area (Å²) in [4.78, 5) is 15.7.